The Balaban J connectivity index is 1.45. The number of aromatic hydroxyl groups is 1. The SMILES string of the molecule is CN1C(=O)C2CC=C3C(CC4(Cl)C(=O)N(c5c(F)c(F)c(F)c(F)c5F)C(=O)C4(Cl)C3C3=COc4ccc(O)cc4C3)C2C1=O. The molecule has 3 heterocycles. The smallest absolute Gasteiger partial charge is 0.258 e. The molecule has 7 rings (SSSR count). The highest BCUT2D eigenvalue weighted by Crippen LogP contribution is 2.65. The van der Waals surface area contributed by atoms with Crippen LogP contribution in [-0.2, 0) is 25.6 Å². The number of allylic oxidation sites excluding steroid dienone is 3. The van der Waals surface area contributed by atoms with E-state index >= 15 is 8.78 Å². The zero-order valence-corrected chi connectivity index (χ0v) is 24.4. The molecule has 0 spiro atoms. The van der Waals surface area contributed by atoms with Crippen LogP contribution >= 0.6 is 23.2 Å². The van der Waals surface area contributed by atoms with E-state index in [2.05, 4.69) is 0 Å². The van der Waals surface area contributed by atoms with Crippen molar-refractivity contribution < 1.29 is 51.0 Å². The molecule has 1 N–H and O–H groups in total. The quantitative estimate of drug-likeness (QED) is 0.125. The molecule has 1 saturated carbocycles. The fraction of sp³-hybridized carbons (Fsp3) is 0.333. The summed E-state index contributed by atoms with van der Waals surface area (Å²) < 4.78 is 78.5. The number of nitrogens with zero attached hydrogens (tertiary/aromatic N) is 2. The fourth-order valence-electron chi connectivity index (χ4n) is 7.54. The molecule has 2 aliphatic carbocycles. The lowest BCUT2D eigenvalue weighted by molar-refractivity contribution is -0.138. The number of imide groups is 2. The van der Waals surface area contributed by atoms with Gasteiger partial charge in [0.25, 0.3) is 11.8 Å². The zero-order valence-electron chi connectivity index (χ0n) is 22.8. The van der Waals surface area contributed by atoms with Gasteiger partial charge in [0, 0.05) is 24.9 Å². The number of ether oxygens (including phenoxy) is 1. The van der Waals surface area contributed by atoms with Crippen molar-refractivity contribution in [2.75, 3.05) is 11.9 Å². The maximum absolute atomic E-state index is 15.1. The predicted molar refractivity (Wildman–Crippen MR) is 145 cm³/mol. The third-order valence-electron chi connectivity index (χ3n) is 9.59. The topological polar surface area (TPSA) is 104 Å². The molecule has 2 aromatic rings. The average Bonchev–Trinajstić information content (AvgIpc) is 3.32. The van der Waals surface area contributed by atoms with Gasteiger partial charge in [-0.15, -0.1) is 23.2 Å². The van der Waals surface area contributed by atoms with Crippen LogP contribution in [-0.4, -0.2) is 50.4 Å². The number of rotatable bonds is 2. The molecule has 0 aromatic heterocycles. The summed E-state index contributed by atoms with van der Waals surface area (Å²) in [6.07, 6.45) is 2.23. The van der Waals surface area contributed by atoms with Gasteiger partial charge in [-0.25, -0.2) is 26.9 Å². The van der Waals surface area contributed by atoms with Crippen LogP contribution in [0, 0.1) is 52.8 Å². The molecular weight excluding hydrogens is 650 g/mol. The number of hydrogen-bond acceptors (Lipinski definition) is 6. The minimum absolute atomic E-state index is 0.0408. The van der Waals surface area contributed by atoms with E-state index in [-0.39, 0.29) is 29.1 Å². The van der Waals surface area contributed by atoms with Crippen LogP contribution in [0.5, 0.6) is 11.5 Å². The van der Waals surface area contributed by atoms with Crippen molar-refractivity contribution >= 4 is 52.5 Å². The van der Waals surface area contributed by atoms with Crippen molar-refractivity contribution in [3.05, 3.63) is 76.3 Å². The minimum Gasteiger partial charge on any atom is -0.508 e. The summed E-state index contributed by atoms with van der Waals surface area (Å²) >= 11 is 14.1. The van der Waals surface area contributed by atoms with E-state index in [4.69, 9.17) is 27.9 Å². The molecule has 0 radical (unpaired) electrons. The summed E-state index contributed by atoms with van der Waals surface area (Å²) in [7, 11) is 1.29. The molecule has 45 heavy (non-hydrogen) atoms. The van der Waals surface area contributed by atoms with Gasteiger partial charge in [0.2, 0.25) is 17.6 Å². The average molecular weight is 669 g/mol. The minimum atomic E-state index is -2.64. The Bertz CT molecular complexity index is 1840. The van der Waals surface area contributed by atoms with Crippen molar-refractivity contribution in [2.45, 2.75) is 29.0 Å². The number of amides is 4. The highest BCUT2D eigenvalue weighted by molar-refractivity contribution is 6.58. The summed E-state index contributed by atoms with van der Waals surface area (Å²) in [6, 6.07) is 4.22. The molecule has 6 unspecified atom stereocenters. The van der Waals surface area contributed by atoms with Gasteiger partial charge < -0.3 is 9.84 Å². The first-order valence-corrected chi connectivity index (χ1v) is 14.4. The Morgan fingerprint density at radius 1 is 0.911 bits per heavy atom. The Morgan fingerprint density at radius 3 is 2.22 bits per heavy atom. The fourth-order valence-corrected chi connectivity index (χ4v) is 8.48. The maximum atomic E-state index is 15.1. The summed E-state index contributed by atoms with van der Waals surface area (Å²) in [4.78, 5) is 50.1. The van der Waals surface area contributed by atoms with Crippen LogP contribution in [0.4, 0.5) is 27.6 Å². The molecule has 234 valence electrons. The second kappa shape index (κ2) is 9.52. The van der Waals surface area contributed by atoms with Gasteiger partial charge in [-0.1, -0.05) is 11.6 Å². The molecular formula is C30H19Cl2F5N2O6. The Hall–Kier alpha value is -3.97. The Labute approximate surface area is 260 Å². The Kier molecular flexibility index (Phi) is 6.29. The lowest BCUT2D eigenvalue weighted by Gasteiger charge is -2.51. The molecule has 3 fully saturated rings. The zero-order chi connectivity index (χ0) is 32.5. The van der Waals surface area contributed by atoms with Crippen LogP contribution in [0.15, 0.2) is 41.7 Å². The normalized spacial score (nSPS) is 32.1. The number of carbonyl (C=O) groups is 4. The van der Waals surface area contributed by atoms with E-state index in [9.17, 15) is 37.5 Å². The van der Waals surface area contributed by atoms with Crippen LogP contribution in [0.25, 0.3) is 0 Å². The largest absolute Gasteiger partial charge is 0.508 e. The number of benzene rings is 2. The van der Waals surface area contributed by atoms with E-state index in [1.54, 1.807) is 6.08 Å². The second-order valence-electron chi connectivity index (χ2n) is 11.7. The molecule has 0 bridgehead atoms. The lowest BCUT2D eigenvalue weighted by Crippen LogP contribution is -2.61. The third kappa shape index (κ3) is 3.59. The van der Waals surface area contributed by atoms with Gasteiger partial charge in [0.15, 0.2) is 33.0 Å². The first-order valence-electron chi connectivity index (χ1n) is 13.6. The van der Waals surface area contributed by atoms with Gasteiger partial charge in [0.1, 0.15) is 17.2 Å². The maximum Gasteiger partial charge on any atom is 0.258 e. The number of alkyl halides is 2. The Morgan fingerprint density at radius 2 is 1.56 bits per heavy atom. The summed E-state index contributed by atoms with van der Waals surface area (Å²) in [5, 5.41) is 10.1. The molecule has 2 aromatic carbocycles. The van der Waals surface area contributed by atoms with Gasteiger partial charge in [-0.05, 0) is 42.5 Å². The third-order valence-corrected chi connectivity index (χ3v) is 11.0. The number of hydrogen-bond donors (Lipinski definition) is 1. The number of phenolic OH excluding ortho intramolecular Hbond substituents is 1. The molecule has 2 saturated heterocycles. The highest BCUT2D eigenvalue weighted by atomic mass is 35.5. The second-order valence-corrected chi connectivity index (χ2v) is 12.9. The number of likely N-dealkylation sites (tertiary alicyclic amines) is 1. The van der Waals surface area contributed by atoms with E-state index in [1.807, 2.05) is 0 Å². The highest BCUT2D eigenvalue weighted by Gasteiger charge is 2.77. The number of halogens is 7. The van der Waals surface area contributed by atoms with Crippen LogP contribution in [0.2, 0.25) is 0 Å². The van der Waals surface area contributed by atoms with E-state index < -0.39 is 98.2 Å². The first kappa shape index (κ1) is 29.7. The number of carbonyl (C=O) groups excluding carboxylic acids is 4. The molecule has 6 atom stereocenters. The van der Waals surface area contributed by atoms with Gasteiger partial charge in [-0.3, -0.25) is 24.1 Å². The van der Waals surface area contributed by atoms with Crippen LogP contribution in [0.1, 0.15) is 18.4 Å². The molecule has 15 heteroatoms. The molecule has 4 amide bonds. The van der Waals surface area contributed by atoms with Gasteiger partial charge in [0.05, 0.1) is 18.1 Å². The van der Waals surface area contributed by atoms with Crippen molar-refractivity contribution in [3.63, 3.8) is 0 Å². The van der Waals surface area contributed by atoms with Crippen molar-refractivity contribution in [1.29, 1.82) is 0 Å². The predicted octanol–water partition coefficient (Wildman–Crippen LogP) is 4.63. The summed E-state index contributed by atoms with van der Waals surface area (Å²) in [6.45, 7) is 0. The summed E-state index contributed by atoms with van der Waals surface area (Å²) in [5.41, 5.74) is -0.907. The van der Waals surface area contributed by atoms with E-state index in [1.165, 1.54) is 31.5 Å². The number of phenols is 1. The molecule has 8 nitrogen and oxygen atoms in total. The van der Waals surface area contributed by atoms with Crippen LogP contribution < -0.4 is 9.64 Å². The van der Waals surface area contributed by atoms with Crippen LogP contribution in [0.3, 0.4) is 0 Å². The van der Waals surface area contributed by atoms with Crippen molar-refractivity contribution in [2.24, 2.45) is 23.7 Å². The first-order chi connectivity index (χ1) is 21.1. The monoisotopic (exact) mass is 668 g/mol. The lowest BCUT2D eigenvalue weighted by atomic mass is 9.56. The summed E-state index contributed by atoms with van der Waals surface area (Å²) in [5.74, 6) is -20.5. The van der Waals surface area contributed by atoms with E-state index in [0.29, 0.717) is 16.9 Å². The molecule has 5 aliphatic rings. The number of anilines is 1. The van der Waals surface area contributed by atoms with Crippen molar-refractivity contribution in [3.8, 4) is 11.5 Å². The standard InChI is InChI=1S/C30H19Cl2F5N2O6/c1-38-25(41)14-4-3-13-15(17(14)26(38)42)8-29(31)27(43)39(24-22(36)20(34)19(33)21(35)23(24)37)28(44)30(29,32)18(13)11-6-10-7-12(40)2-5-16(10)45-9-11/h2-3,5,7,9,14-15,17-18,40H,4,6,8H2,1H3. The number of fused-ring (bicyclic) bond motifs is 5. The van der Waals surface area contributed by atoms with Gasteiger partial charge >= 0.3 is 0 Å². The van der Waals surface area contributed by atoms with Gasteiger partial charge in [-0.2, -0.15) is 0 Å². The van der Waals surface area contributed by atoms with E-state index in [0.717, 1.165) is 4.90 Å². The molecule has 3 aliphatic heterocycles. The van der Waals surface area contributed by atoms with Crippen molar-refractivity contribution in [1.82, 2.24) is 4.90 Å².